The number of rotatable bonds is 4. The molecule has 34 heavy (non-hydrogen) atoms. The molecular weight excluding hydrogens is 479 g/mol. The first-order valence-electron chi connectivity index (χ1n) is 10.7. The van der Waals surface area contributed by atoms with E-state index in [1.54, 1.807) is 14.0 Å². The van der Waals surface area contributed by atoms with Gasteiger partial charge in [-0.25, -0.2) is 13.8 Å². The van der Waals surface area contributed by atoms with Crippen LogP contribution in [0.2, 0.25) is 5.02 Å². The van der Waals surface area contributed by atoms with E-state index in [1.807, 2.05) is 0 Å². The van der Waals surface area contributed by atoms with Gasteiger partial charge in [0.05, 0.1) is 33.2 Å². The van der Waals surface area contributed by atoms with Gasteiger partial charge in [0, 0.05) is 19.2 Å². The van der Waals surface area contributed by atoms with E-state index in [4.69, 9.17) is 11.6 Å². The van der Waals surface area contributed by atoms with Gasteiger partial charge >= 0.3 is 6.18 Å². The summed E-state index contributed by atoms with van der Waals surface area (Å²) in [5.41, 5.74) is 0.760. The van der Waals surface area contributed by atoms with Crippen LogP contribution in [0.4, 0.5) is 33.6 Å². The van der Waals surface area contributed by atoms with E-state index in [2.05, 4.69) is 15.6 Å². The molecule has 2 N–H and O–H groups in total. The molecule has 11 heteroatoms. The summed E-state index contributed by atoms with van der Waals surface area (Å²) in [6, 6.07) is 5.01. The molecule has 5 nitrogen and oxygen atoms in total. The van der Waals surface area contributed by atoms with Crippen molar-refractivity contribution in [2.24, 2.45) is 13.0 Å². The van der Waals surface area contributed by atoms with Crippen LogP contribution in [0.3, 0.4) is 0 Å². The number of benzene rings is 2. The zero-order chi connectivity index (χ0) is 24.8. The Morgan fingerprint density at radius 2 is 1.82 bits per heavy atom. The molecule has 1 heterocycles. The molecule has 2 aromatic carbocycles. The molecular formula is C23H22ClF5N4O. The maximum absolute atomic E-state index is 14.8. The molecule has 4 rings (SSSR count). The summed E-state index contributed by atoms with van der Waals surface area (Å²) in [6.07, 6.45) is -4.07. The normalized spacial score (nSPS) is 18.8. The second-order valence-electron chi connectivity index (χ2n) is 8.56. The fourth-order valence-corrected chi connectivity index (χ4v) is 4.40. The zero-order valence-electron chi connectivity index (χ0n) is 18.4. The van der Waals surface area contributed by atoms with Crippen LogP contribution >= 0.6 is 11.6 Å². The fourth-order valence-electron chi connectivity index (χ4n) is 4.21. The number of amides is 1. The Bertz CT molecular complexity index is 1250. The highest BCUT2D eigenvalue weighted by Gasteiger charge is 2.41. The van der Waals surface area contributed by atoms with E-state index in [9.17, 15) is 26.7 Å². The van der Waals surface area contributed by atoms with Gasteiger partial charge in [-0.05, 0) is 50.3 Å². The van der Waals surface area contributed by atoms with Gasteiger partial charge in [0.15, 0.2) is 5.82 Å². The fraction of sp³-hybridized carbons (Fsp3) is 0.391. The SMILES string of the molecule is Cc1ccc(Cl)c(Nc2nc3cc(C(=O)N[C@H]4CC[C@H](C(F)(F)F)CC4)c(F)cc3n2C)c1F. The van der Waals surface area contributed by atoms with Crippen LogP contribution in [0.1, 0.15) is 41.6 Å². The number of nitrogens with one attached hydrogen (secondary N) is 2. The average Bonchev–Trinajstić information content (AvgIpc) is 3.07. The van der Waals surface area contributed by atoms with Gasteiger partial charge in [0.1, 0.15) is 5.82 Å². The lowest BCUT2D eigenvalue weighted by atomic mass is 9.85. The summed E-state index contributed by atoms with van der Waals surface area (Å²) in [5, 5.41) is 5.59. The molecule has 0 unspecified atom stereocenters. The zero-order valence-corrected chi connectivity index (χ0v) is 19.1. The Kier molecular flexibility index (Phi) is 6.46. The van der Waals surface area contributed by atoms with Crippen LogP contribution in [0, 0.1) is 24.5 Å². The minimum atomic E-state index is -4.25. The maximum atomic E-state index is 14.8. The number of anilines is 2. The smallest absolute Gasteiger partial charge is 0.349 e. The Hall–Kier alpha value is -2.88. The molecule has 0 bridgehead atoms. The van der Waals surface area contributed by atoms with Crippen molar-refractivity contribution in [3.8, 4) is 0 Å². The Balaban J connectivity index is 1.55. The van der Waals surface area contributed by atoms with Crippen molar-refractivity contribution < 1.29 is 26.7 Å². The van der Waals surface area contributed by atoms with Crippen LogP contribution < -0.4 is 10.6 Å². The number of halogens is 6. The van der Waals surface area contributed by atoms with E-state index < -0.39 is 35.7 Å². The maximum Gasteiger partial charge on any atom is 0.391 e. The molecule has 1 amide bonds. The number of alkyl halides is 3. The van der Waals surface area contributed by atoms with E-state index in [0.29, 0.717) is 11.1 Å². The van der Waals surface area contributed by atoms with Crippen LogP contribution in [-0.4, -0.2) is 27.7 Å². The molecule has 1 aliphatic carbocycles. The summed E-state index contributed by atoms with van der Waals surface area (Å²) in [4.78, 5) is 17.0. The number of nitrogens with zero attached hydrogens (tertiary/aromatic N) is 2. The van der Waals surface area contributed by atoms with Crippen molar-refractivity contribution >= 4 is 40.2 Å². The van der Waals surface area contributed by atoms with E-state index in [1.165, 1.54) is 22.8 Å². The standard InChI is InChI=1S/C23H22ClF5N4O/c1-11-3-8-15(24)20(19(11)26)32-22-31-17-9-14(16(25)10-18(17)33(22)2)21(34)30-13-6-4-12(5-7-13)23(27,28)29/h3,8-10,12-13H,4-7H2,1-2H3,(H,30,34)(H,31,32)/t12-,13-. The monoisotopic (exact) mass is 500 g/mol. The second kappa shape index (κ2) is 9.05. The molecule has 0 spiro atoms. The number of imidazole rings is 1. The number of carbonyl (C=O) groups excluding carboxylic acids is 1. The van der Waals surface area contributed by atoms with Crippen LogP contribution in [-0.2, 0) is 7.05 Å². The molecule has 3 aromatic rings. The third-order valence-corrected chi connectivity index (χ3v) is 6.58. The highest BCUT2D eigenvalue weighted by atomic mass is 35.5. The van der Waals surface area contributed by atoms with E-state index in [-0.39, 0.29) is 53.4 Å². The van der Waals surface area contributed by atoms with Gasteiger partial charge in [-0.3, -0.25) is 4.79 Å². The third-order valence-electron chi connectivity index (χ3n) is 6.26. The first-order chi connectivity index (χ1) is 16.0. The second-order valence-corrected chi connectivity index (χ2v) is 8.96. The molecule has 0 saturated heterocycles. The third kappa shape index (κ3) is 4.68. The van der Waals surface area contributed by atoms with Gasteiger partial charge in [-0.15, -0.1) is 0 Å². The summed E-state index contributed by atoms with van der Waals surface area (Å²) >= 11 is 6.11. The number of carbonyl (C=O) groups is 1. The summed E-state index contributed by atoms with van der Waals surface area (Å²) in [5.74, 6) is -3.26. The molecule has 182 valence electrons. The minimum Gasteiger partial charge on any atom is -0.349 e. The Labute approximate surface area is 197 Å². The van der Waals surface area contributed by atoms with E-state index >= 15 is 0 Å². The van der Waals surface area contributed by atoms with E-state index in [0.717, 1.165) is 6.07 Å². The highest BCUT2D eigenvalue weighted by Crippen LogP contribution is 2.37. The quantitative estimate of drug-likeness (QED) is 0.407. The van der Waals surface area contributed by atoms with Crippen molar-refractivity contribution in [1.29, 1.82) is 0 Å². The Morgan fingerprint density at radius 1 is 1.15 bits per heavy atom. The van der Waals surface area contributed by atoms with Gasteiger partial charge in [-0.2, -0.15) is 13.2 Å². The Morgan fingerprint density at radius 3 is 2.47 bits per heavy atom. The molecule has 1 saturated carbocycles. The number of fused-ring (bicyclic) bond motifs is 1. The molecule has 0 atom stereocenters. The summed E-state index contributed by atoms with van der Waals surface area (Å²) < 4.78 is 69.4. The number of hydrogen-bond donors (Lipinski definition) is 2. The lowest BCUT2D eigenvalue weighted by Gasteiger charge is -2.30. The number of aryl methyl sites for hydroxylation is 2. The van der Waals surface area contributed by atoms with Crippen molar-refractivity contribution in [2.75, 3.05) is 5.32 Å². The van der Waals surface area contributed by atoms with Crippen molar-refractivity contribution in [3.05, 3.63) is 52.0 Å². The van der Waals surface area contributed by atoms with Crippen molar-refractivity contribution in [3.63, 3.8) is 0 Å². The largest absolute Gasteiger partial charge is 0.391 e. The lowest BCUT2D eigenvalue weighted by molar-refractivity contribution is -0.182. The summed E-state index contributed by atoms with van der Waals surface area (Å²) in [6.45, 7) is 1.58. The molecule has 1 aromatic heterocycles. The minimum absolute atomic E-state index is 0.0213. The average molecular weight is 501 g/mol. The first-order valence-corrected chi connectivity index (χ1v) is 11.1. The van der Waals surface area contributed by atoms with Crippen molar-refractivity contribution in [1.82, 2.24) is 14.9 Å². The summed E-state index contributed by atoms with van der Waals surface area (Å²) in [7, 11) is 1.59. The lowest BCUT2D eigenvalue weighted by Crippen LogP contribution is -2.40. The first kappa shape index (κ1) is 24.3. The van der Waals surface area contributed by atoms with Gasteiger partial charge < -0.3 is 15.2 Å². The molecule has 1 fully saturated rings. The van der Waals surface area contributed by atoms with Gasteiger partial charge in [0.25, 0.3) is 5.91 Å². The predicted octanol–water partition coefficient (Wildman–Crippen LogP) is 6.41. The number of aromatic nitrogens is 2. The highest BCUT2D eigenvalue weighted by molar-refractivity contribution is 6.33. The van der Waals surface area contributed by atoms with Crippen LogP contribution in [0.25, 0.3) is 11.0 Å². The molecule has 1 aliphatic rings. The van der Waals surface area contributed by atoms with Gasteiger partial charge in [0.2, 0.25) is 5.95 Å². The number of hydrogen-bond acceptors (Lipinski definition) is 3. The van der Waals surface area contributed by atoms with Crippen LogP contribution in [0.15, 0.2) is 24.3 Å². The van der Waals surface area contributed by atoms with Crippen LogP contribution in [0.5, 0.6) is 0 Å². The van der Waals surface area contributed by atoms with Crippen molar-refractivity contribution in [2.45, 2.75) is 44.8 Å². The molecule has 0 aliphatic heterocycles. The van der Waals surface area contributed by atoms with Gasteiger partial charge in [-0.1, -0.05) is 17.7 Å². The molecule has 0 radical (unpaired) electrons. The topological polar surface area (TPSA) is 59.0 Å². The predicted molar refractivity (Wildman–Crippen MR) is 119 cm³/mol.